The van der Waals surface area contributed by atoms with Crippen LogP contribution >= 0.6 is 0 Å². The Kier molecular flexibility index (Phi) is 3.16. The van der Waals surface area contributed by atoms with Crippen LogP contribution < -0.4 is 10.7 Å². The number of hydrogen-bond donors (Lipinski definition) is 1. The summed E-state index contributed by atoms with van der Waals surface area (Å²) in [5, 5.41) is 28.2. The Balaban J connectivity index is 2.04. The highest BCUT2D eigenvalue weighted by atomic mass is 16.3. The van der Waals surface area contributed by atoms with E-state index in [-0.39, 0.29) is 12.2 Å². The predicted octanol–water partition coefficient (Wildman–Crippen LogP) is 2.00. The van der Waals surface area contributed by atoms with E-state index < -0.39 is 5.79 Å². The molecule has 6 heteroatoms. The molecule has 21 heavy (non-hydrogen) atoms. The van der Waals surface area contributed by atoms with Crippen LogP contribution in [0.15, 0.2) is 68.7 Å². The van der Waals surface area contributed by atoms with Gasteiger partial charge in [-0.1, -0.05) is 24.3 Å². The number of azo groups is 1. The van der Waals surface area contributed by atoms with E-state index in [1.807, 2.05) is 30.3 Å². The molecule has 1 heterocycles. The molecule has 1 aliphatic rings. The van der Waals surface area contributed by atoms with Crippen molar-refractivity contribution < 1.29 is 5.11 Å². The van der Waals surface area contributed by atoms with Crippen LogP contribution in [0.25, 0.3) is 0 Å². The second-order valence-corrected chi connectivity index (χ2v) is 4.51. The minimum atomic E-state index is -1.26. The van der Waals surface area contributed by atoms with Crippen LogP contribution in [0.1, 0.15) is 6.42 Å². The number of hydrogen-bond acceptors (Lipinski definition) is 6. The number of phenolic OH excluding ortho intramolecular Hbond substituents is 1. The van der Waals surface area contributed by atoms with Crippen LogP contribution in [0, 0.1) is 11.3 Å². The average Bonchev–Trinajstić information content (AvgIpc) is 2.85. The van der Waals surface area contributed by atoms with Crippen LogP contribution in [0.2, 0.25) is 0 Å². The Labute approximate surface area is 120 Å². The molecule has 0 saturated carbocycles. The van der Waals surface area contributed by atoms with E-state index in [4.69, 9.17) is 5.26 Å². The van der Waals surface area contributed by atoms with Gasteiger partial charge in [0.05, 0.1) is 16.8 Å². The van der Waals surface area contributed by atoms with E-state index in [2.05, 4.69) is 20.2 Å². The van der Waals surface area contributed by atoms with Crippen LogP contribution in [-0.2, 0) is 0 Å². The zero-order valence-corrected chi connectivity index (χ0v) is 11.0. The molecule has 102 valence electrons. The summed E-state index contributed by atoms with van der Waals surface area (Å²) in [6.45, 7) is 0. The SMILES string of the molecule is N#CCC1(N=Nc2ccccc2O)N=c2ccccc2=N1. The van der Waals surface area contributed by atoms with Gasteiger partial charge in [-0.3, -0.25) is 0 Å². The molecule has 0 aromatic heterocycles. The van der Waals surface area contributed by atoms with E-state index >= 15 is 0 Å². The van der Waals surface area contributed by atoms with Gasteiger partial charge in [-0.2, -0.15) is 5.26 Å². The highest BCUT2D eigenvalue weighted by molar-refractivity contribution is 5.49. The Morgan fingerprint density at radius 1 is 1.05 bits per heavy atom. The van der Waals surface area contributed by atoms with Gasteiger partial charge in [0, 0.05) is 0 Å². The van der Waals surface area contributed by atoms with Crippen LogP contribution in [-0.4, -0.2) is 10.9 Å². The number of nitrogens with zero attached hydrogens (tertiary/aromatic N) is 5. The molecule has 0 saturated heterocycles. The molecule has 3 rings (SSSR count). The quantitative estimate of drug-likeness (QED) is 0.869. The van der Waals surface area contributed by atoms with Crippen molar-refractivity contribution in [2.24, 2.45) is 20.2 Å². The van der Waals surface area contributed by atoms with Gasteiger partial charge in [0.25, 0.3) is 5.79 Å². The zero-order valence-electron chi connectivity index (χ0n) is 11.0. The number of fused-ring (bicyclic) bond motifs is 1. The number of benzene rings is 2. The van der Waals surface area contributed by atoms with E-state index in [1.54, 1.807) is 18.2 Å². The first-order valence-electron chi connectivity index (χ1n) is 6.35. The third kappa shape index (κ3) is 2.49. The van der Waals surface area contributed by atoms with Crippen molar-refractivity contribution >= 4 is 5.69 Å². The maximum Gasteiger partial charge on any atom is 0.278 e. The summed E-state index contributed by atoms with van der Waals surface area (Å²) in [6.07, 6.45) is -0.0151. The number of aromatic hydroxyl groups is 1. The summed E-state index contributed by atoms with van der Waals surface area (Å²) in [4.78, 5) is 8.77. The molecule has 0 bridgehead atoms. The monoisotopic (exact) mass is 277 g/mol. The second kappa shape index (κ2) is 5.13. The summed E-state index contributed by atoms with van der Waals surface area (Å²) in [6, 6.07) is 15.9. The third-order valence-corrected chi connectivity index (χ3v) is 3.00. The molecule has 0 amide bonds. The molecule has 1 N–H and O–H groups in total. The molecule has 0 fully saturated rings. The summed E-state index contributed by atoms with van der Waals surface area (Å²) in [7, 11) is 0. The number of rotatable bonds is 3. The first kappa shape index (κ1) is 12.9. The molecular weight excluding hydrogens is 266 g/mol. The Bertz CT molecular complexity index is 831. The molecule has 0 spiro atoms. The van der Waals surface area contributed by atoms with Crippen molar-refractivity contribution in [3.63, 3.8) is 0 Å². The fraction of sp³-hybridized carbons (Fsp3) is 0.133. The van der Waals surface area contributed by atoms with Gasteiger partial charge < -0.3 is 5.11 Å². The van der Waals surface area contributed by atoms with Crippen LogP contribution in [0.5, 0.6) is 5.75 Å². The standard InChI is InChI=1S/C15H11N5O/c16-10-9-15(17-11-5-1-2-6-12(11)18-15)20-19-13-7-3-4-8-14(13)21/h1-8,21H,9H2. The van der Waals surface area contributed by atoms with E-state index in [1.165, 1.54) is 6.07 Å². The van der Waals surface area contributed by atoms with Crippen molar-refractivity contribution in [1.29, 1.82) is 5.26 Å². The maximum absolute atomic E-state index is 9.69. The van der Waals surface area contributed by atoms with Gasteiger partial charge in [0.2, 0.25) is 0 Å². The van der Waals surface area contributed by atoms with E-state index in [0.29, 0.717) is 16.4 Å². The number of phenols is 1. The number of nitriles is 1. The molecule has 6 nitrogen and oxygen atoms in total. The van der Waals surface area contributed by atoms with Gasteiger partial charge in [0.15, 0.2) is 0 Å². The maximum atomic E-state index is 9.69. The molecule has 0 atom stereocenters. The van der Waals surface area contributed by atoms with Crippen molar-refractivity contribution in [2.45, 2.75) is 12.2 Å². The average molecular weight is 277 g/mol. The third-order valence-electron chi connectivity index (χ3n) is 3.00. The zero-order chi connectivity index (χ0) is 14.7. The highest BCUT2D eigenvalue weighted by Gasteiger charge is 2.31. The summed E-state index contributed by atoms with van der Waals surface area (Å²) in [5.74, 6) is -1.25. The fourth-order valence-electron chi connectivity index (χ4n) is 2.01. The van der Waals surface area contributed by atoms with Gasteiger partial charge in [-0.25, -0.2) is 9.98 Å². The summed E-state index contributed by atoms with van der Waals surface area (Å²) >= 11 is 0. The normalized spacial score (nSPS) is 15.0. The second-order valence-electron chi connectivity index (χ2n) is 4.51. The van der Waals surface area contributed by atoms with Crippen molar-refractivity contribution in [1.82, 2.24) is 0 Å². The van der Waals surface area contributed by atoms with Crippen molar-refractivity contribution in [3.05, 3.63) is 59.2 Å². The largest absolute Gasteiger partial charge is 0.506 e. The van der Waals surface area contributed by atoms with Gasteiger partial charge in [-0.05, 0) is 24.3 Å². The lowest BCUT2D eigenvalue weighted by Gasteiger charge is -2.12. The van der Waals surface area contributed by atoms with Gasteiger partial charge in [-0.15, -0.1) is 10.2 Å². The molecule has 0 aliphatic carbocycles. The Morgan fingerprint density at radius 3 is 2.29 bits per heavy atom. The van der Waals surface area contributed by atoms with Crippen molar-refractivity contribution in [2.75, 3.05) is 0 Å². The molecule has 0 radical (unpaired) electrons. The molecular formula is C15H11N5O. The summed E-state index contributed by atoms with van der Waals surface area (Å²) in [5.41, 5.74) is 0.316. The summed E-state index contributed by atoms with van der Waals surface area (Å²) < 4.78 is 0. The van der Waals surface area contributed by atoms with E-state index in [0.717, 1.165) is 0 Å². The minimum absolute atomic E-state index is 0.0151. The van der Waals surface area contributed by atoms with Crippen molar-refractivity contribution in [3.8, 4) is 11.8 Å². The molecule has 2 aromatic carbocycles. The minimum Gasteiger partial charge on any atom is -0.506 e. The lowest BCUT2D eigenvalue weighted by atomic mass is 10.3. The fourth-order valence-corrected chi connectivity index (χ4v) is 2.01. The lowest BCUT2D eigenvalue weighted by molar-refractivity contribution is 0.451. The predicted molar refractivity (Wildman–Crippen MR) is 74.3 cm³/mol. The Hall–Kier alpha value is -3.07. The van der Waals surface area contributed by atoms with E-state index in [9.17, 15) is 5.11 Å². The Morgan fingerprint density at radius 2 is 1.67 bits per heavy atom. The first-order chi connectivity index (χ1) is 10.2. The molecule has 0 unspecified atom stereocenters. The topological polar surface area (TPSA) is 93.5 Å². The first-order valence-corrected chi connectivity index (χ1v) is 6.35. The van der Waals surface area contributed by atoms with Gasteiger partial charge >= 0.3 is 0 Å². The lowest BCUT2D eigenvalue weighted by Crippen LogP contribution is -2.19. The molecule has 2 aromatic rings. The van der Waals surface area contributed by atoms with Crippen LogP contribution in [0.4, 0.5) is 5.69 Å². The van der Waals surface area contributed by atoms with Gasteiger partial charge in [0.1, 0.15) is 17.9 Å². The number of para-hydroxylation sites is 3. The smallest absolute Gasteiger partial charge is 0.278 e. The molecule has 1 aliphatic heterocycles. The van der Waals surface area contributed by atoms with Crippen LogP contribution in [0.3, 0.4) is 0 Å². The highest BCUT2D eigenvalue weighted by Crippen LogP contribution is 2.29.